The van der Waals surface area contributed by atoms with Crippen LogP contribution in [0.5, 0.6) is 11.6 Å². The lowest BCUT2D eigenvalue weighted by Gasteiger charge is -2.07. The van der Waals surface area contributed by atoms with Crippen molar-refractivity contribution in [3.63, 3.8) is 0 Å². The Balaban J connectivity index is 2.27. The average Bonchev–Trinajstić information content (AvgIpc) is 2.33. The van der Waals surface area contributed by atoms with E-state index in [4.69, 9.17) is 39.5 Å². The molecule has 1 aromatic heterocycles. The Kier molecular flexibility index (Phi) is 4.27. The number of benzene rings is 1. The monoisotopic (exact) mass is 302 g/mol. The zero-order chi connectivity index (χ0) is 13.1. The van der Waals surface area contributed by atoms with Crippen molar-refractivity contribution >= 4 is 34.8 Å². The summed E-state index contributed by atoms with van der Waals surface area (Å²) in [5.41, 5.74) is 0. The van der Waals surface area contributed by atoms with E-state index in [2.05, 4.69) is 9.97 Å². The number of aromatic nitrogens is 2. The fraction of sp³-hybridized carbons (Fsp3) is 0.167. The first-order valence-electron chi connectivity index (χ1n) is 5.25. The van der Waals surface area contributed by atoms with E-state index in [0.29, 0.717) is 39.1 Å². The Hall–Kier alpha value is -1.03. The topological polar surface area (TPSA) is 35.0 Å². The van der Waals surface area contributed by atoms with Crippen LogP contribution >= 0.6 is 34.8 Å². The highest BCUT2D eigenvalue weighted by Gasteiger charge is 2.06. The minimum Gasteiger partial charge on any atom is -0.439 e. The van der Waals surface area contributed by atoms with Crippen LogP contribution in [0.15, 0.2) is 24.3 Å². The maximum Gasteiger partial charge on any atom is 0.224 e. The molecule has 0 aliphatic heterocycles. The molecule has 0 saturated heterocycles. The lowest BCUT2D eigenvalue weighted by molar-refractivity contribution is 0.459. The number of nitrogens with zero attached hydrogens (tertiary/aromatic N) is 2. The van der Waals surface area contributed by atoms with Gasteiger partial charge in [-0.2, -0.15) is 4.98 Å². The molecule has 94 valence electrons. The van der Waals surface area contributed by atoms with Crippen molar-refractivity contribution in [1.29, 1.82) is 0 Å². The van der Waals surface area contributed by atoms with Crippen LogP contribution in [0.1, 0.15) is 12.7 Å². The Morgan fingerprint density at radius 1 is 1.06 bits per heavy atom. The molecular formula is C12H9Cl3N2O. The van der Waals surface area contributed by atoms with Crippen LogP contribution in [-0.4, -0.2) is 9.97 Å². The molecule has 1 heterocycles. The van der Waals surface area contributed by atoms with Crippen LogP contribution in [0.4, 0.5) is 0 Å². The normalized spacial score (nSPS) is 10.4. The molecule has 0 aliphatic rings. The summed E-state index contributed by atoms with van der Waals surface area (Å²) in [6.07, 6.45) is 0.679. The van der Waals surface area contributed by atoms with Crippen molar-refractivity contribution in [2.24, 2.45) is 0 Å². The van der Waals surface area contributed by atoms with Crippen molar-refractivity contribution in [1.82, 2.24) is 9.97 Å². The highest BCUT2D eigenvalue weighted by Crippen LogP contribution is 2.29. The molecule has 18 heavy (non-hydrogen) atoms. The van der Waals surface area contributed by atoms with E-state index < -0.39 is 0 Å². The molecule has 0 fully saturated rings. The van der Waals surface area contributed by atoms with Crippen molar-refractivity contribution in [3.05, 3.63) is 45.3 Å². The molecule has 0 atom stereocenters. The molecular weight excluding hydrogens is 295 g/mol. The van der Waals surface area contributed by atoms with Gasteiger partial charge in [-0.25, -0.2) is 4.98 Å². The van der Waals surface area contributed by atoms with Crippen molar-refractivity contribution in [2.75, 3.05) is 0 Å². The number of aryl methyl sites for hydroxylation is 1. The molecule has 2 aromatic rings. The van der Waals surface area contributed by atoms with Crippen LogP contribution in [0, 0.1) is 0 Å². The van der Waals surface area contributed by atoms with Gasteiger partial charge in [-0.1, -0.05) is 41.7 Å². The van der Waals surface area contributed by atoms with Gasteiger partial charge in [0.2, 0.25) is 5.88 Å². The summed E-state index contributed by atoms with van der Waals surface area (Å²) in [5, 5.41) is 1.24. The summed E-state index contributed by atoms with van der Waals surface area (Å²) in [7, 11) is 0. The summed E-state index contributed by atoms with van der Waals surface area (Å²) < 4.78 is 5.56. The van der Waals surface area contributed by atoms with Crippen LogP contribution in [0.2, 0.25) is 15.2 Å². The standard InChI is InChI=1S/C12H9Cl3N2O/c1-2-11-16-10(15)6-12(17-11)18-7-3-4-8(13)9(14)5-7/h3-6H,2H2,1H3. The third-order valence-corrected chi connectivity index (χ3v) is 3.08. The van der Waals surface area contributed by atoms with Crippen LogP contribution in [-0.2, 0) is 6.42 Å². The van der Waals surface area contributed by atoms with Gasteiger partial charge in [-0.05, 0) is 12.1 Å². The van der Waals surface area contributed by atoms with Crippen LogP contribution in [0.3, 0.4) is 0 Å². The van der Waals surface area contributed by atoms with E-state index in [9.17, 15) is 0 Å². The first kappa shape index (κ1) is 13.4. The fourth-order valence-corrected chi connectivity index (χ4v) is 1.79. The largest absolute Gasteiger partial charge is 0.439 e. The third kappa shape index (κ3) is 3.25. The molecule has 0 bridgehead atoms. The first-order valence-corrected chi connectivity index (χ1v) is 6.38. The molecule has 0 N–H and O–H groups in total. The van der Waals surface area contributed by atoms with Crippen molar-refractivity contribution in [2.45, 2.75) is 13.3 Å². The molecule has 0 spiro atoms. The first-order chi connectivity index (χ1) is 8.58. The highest BCUT2D eigenvalue weighted by atomic mass is 35.5. The van der Waals surface area contributed by atoms with Gasteiger partial charge >= 0.3 is 0 Å². The highest BCUT2D eigenvalue weighted by molar-refractivity contribution is 6.42. The number of rotatable bonds is 3. The number of hydrogen-bond acceptors (Lipinski definition) is 3. The quantitative estimate of drug-likeness (QED) is 0.765. The summed E-state index contributed by atoms with van der Waals surface area (Å²) in [5.74, 6) is 1.55. The molecule has 0 radical (unpaired) electrons. The van der Waals surface area contributed by atoms with E-state index in [1.54, 1.807) is 24.3 Å². The maximum absolute atomic E-state index is 5.90. The van der Waals surface area contributed by atoms with Gasteiger partial charge in [0.25, 0.3) is 0 Å². The van der Waals surface area contributed by atoms with Crippen LogP contribution in [0.25, 0.3) is 0 Å². The summed E-state index contributed by atoms with van der Waals surface area (Å²) in [6.45, 7) is 1.94. The van der Waals surface area contributed by atoms with Gasteiger partial charge in [0.1, 0.15) is 16.7 Å². The van der Waals surface area contributed by atoms with E-state index in [1.807, 2.05) is 6.92 Å². The molecule has 3 nitrogen and oxygen atoms in total. The van der Waals surface area contributed by atoms with Gasteiger partial charge < -0.3 is 4.74 Å². The molecule has 2 rings (SSSR count). The van der Waals surface area contributed by atoms with E-state index in [1.165, 1.54) is 0 Å². The molecule has 0 unspecified atom stereocenters. The van der Waals surface area contributed by atoms with Gasteiger partial charge in [-0.15, -0.1) is 0 Å². The van der Waals surface area contributed by atoms with Gasteiger partial charge in [-0.3, -0.25) is 0 Å². The van der Waals surface area contributed by atoms with Gasteiger partial charge in [0.05, 0.1) is 10.0 Å². The second-order valence-corrected chi connectivity index (χ2v) is 4.68. The Morgan fingerprint density at radius 3 is 2.50 bits per heavy atom. The second kappa shape index (κ2) is 5.74. The van der Waals surface area contributed by atoms with E-state index in [-0.39, 0.29) is 0 Å². The molecule has 6 heteroatoms. The molecule has 0 amide bonds. The lowest BCUT2D eigenvalue weighted by Crippen LogP contribution is -1.96. The fourth-order valence-electron chi connectivity index (χ4n) is 1.31. The zero-order valence-corrected chi connectivity index (χ0v) is 11.7. The maximum atomic E-state index is 5.90. The average molecular weight is 304 g/mol. The minimum atomic E-state index is 0.344. The second-order valence-electron chi connectivity index (χ2n) is 3.48. The number of halogens is 3. The van der Waals surface area contributed by atoms with Gasteiger partial charge in [0.15, 0.2) is 0 Å². The predicted octanol–water partition coefficient (Wildman–Crippen LogP) is 4.79. The summed E-state index contributed by atoms with van der Waals surface area (Å²) >= 11 is 17.6. The zero-order valence-electron chi connectivity index (χ0n) is 9.45. The van der Waals surface area contributed by atoms with Crippen molar-refractivity contribution in [3.8, 4) is 11.6 Å². The smallest absolute Gasteiger partial charge is 0.224 e. The predicted molar refractivity (Wildman–Crippen MR) is 73.0 cm³/mol. The molecule has 1 aromatic carbocycles. The van der Waals surface area contributed by atoms with E-state index in [0.717, 1.165) is 0 Å². The van der Waals surface area contributed by atoms with Crippen LogP contribution < -0.4 is 4.74 Å². The minimum absolute atomic E-state index is 0.344. The summed E-state index contributed by atoms with van der Waals surface area (Å²) in [4.78, 5) is 8.26. The van der Waals surface area contributed by atoms with E-state index >= 15 is 0 Å². The lowest BCUT2D eigenvalue weighted by atomic mass is 10.3. The molecule has 0 aliphatic carbocycles. The SMILES string of the molecule is CCc1nc(Cl)cc(Oc2ccc(Cl)c(Cl)c2)n1. The number of ether oxygens (including phenoxy) is 1. The number of hydrogen-bond donors (Lipinski definition) is 0. The third-order valence-electron chi connectivity index (χ3n) is 2.15. The Morgan fingerprint density at radius 2 is 1.83 bits per heavy atom. The molecule has 0 saturated carbocycles. The van der Waals surface area contributed by atoms with Crippen molar-refractivity contribution < 1.29 is 4.74 Å². The Bertz CT molecular complexity index is 575. The Labute approximate surface area is 120 Å². The summed E-state index contributed by atoms with van der Waals surface area (Å²) in [6, 6.07) is 6.52. The van der Waals surface area contributed by atoms with Gasteiger partial charge in [0, 0.05) is 18.6 Å².